The monoisotopic (exact) mass is 225 g/mol. The summed E-state index contributed by atoms with van der Waals surface area (Å²) in [5.74, 6) is 0. The van der Waals surface area contributed by atoms with Crippen molar-refractivity contribution in [1.82, 2.24) is 0 Å². The first-order valence-electron chi connectivity index (χ1n) is 3.40. The average molecular weight is 225 g/mol. The minimum absolute atomic E-state index is 0.452. The largest absolute Gasteiger partial charge is 0.428 e. The summed E-state index contributed by atoms with van der Waals surface area (Å²) >= 11 is 0. The second-order valence-corrected chi connectivity index (χ2v) is 3.43. The molecule has 0 aliphatic carbocycles. The molecule has 0 unspecified atom stereocenters. The first-order valence-corrected chi connectivity index (χ1v) is 3.40. The fourth-order valence-corrected chi connectivity index (χ4v) is 0.891. The highest BCUT2D eigenvalue weighted by molar-refractivity contribution is 5.07. The molecule has 14 heavy (non-hydrogen) atoms. The van der Waals surface area contributed by atoms with Crippen LogP contribution >= 0.6 is 0 Å². The molecule has 0 radical (unpaired) electrons. The molecule has 86 valence electrons. The average Bonchev–Trinajstić information content (AvgIpc) is 1.77. The molecule has 0 saturated heterocycles. The molecule has 0 amide bonds. The first kappa shape index (κ1) is 13.5. The highest BCUT2D eigenvalue weighted by Crippen LogP contribution is 2.48. The van der Waals surface area contributed by atoms with Gasteiger partial charge in [-0.25, -0.2) is 0 Å². The zero-order valence-electron chi connectivity index (χ0n) is 7.29. The van der Waals surface area contributed by atoms with E-state index in [1.54, 1.807) is 0 Å². The summed E-state index contributed by atoms with van der Waals surface area (Å²) in [4.78, 5) is 0. The molecule has 8 heteroatoms. The first-order chi connectivity index (χ1) is 5.75. The van der Waals surface area contributed by atoms with Crippen LogP contribution in [0.3, 0.4) is 0 Å². The molecule has 0 bridgehead atoms. The van der Waals surface area contributed by atoms with E-state index in [0.717, 1.165) is 0 Å². The predicted molar refractivity (Wildman–Crippen MR) is 35.3 cm³/mol. The summed E-state index contributed by atoms with van der Waals surface area (Å²) in [6, 6.07) is 0. The van der Waals surface area contributed by atoms with Crippen molar-refractivity contribution in [2.75, 3.05) is 0 Å². The molecule has 0 aliphatic rings. The van der Waals surface area contributed by atoms with E-state index < -0.39 is 23.5 Å². The molecule has 0 spiro atoms. The van der Waals surface area contributed by atoms with Gasteiger partial charge in [0.1, 0.15) is 0 Å². The van der Waals surface area contributed by atoms with Gasteiger partial charge in [0, 0.05) is 0 Å². The van der Waals surface area contributed by atoms with E-state index in [9.17, 15) is 26.3 Å². The summed E-state index contributed by atoms with van der Waals surface area (Å²) < 4.78 is 72.3. The third kappa shape index (κ3) is 1.81. The lowest BCUT2D eigenvalue weighted by Gasteiger charge is -2.41. The van der Waals surface area contributed by atoms with Crippen molar-refractivity contribution in [2.24, 2.45) is 5.73 Å². The zero-order valence-corrected chi connectivity index (χ0v) is 7.29. The van der Waals surface area contributed by atoms with Crippen LogP contribution in [0.2, 0.25) is 0 Å². The van der Waals surface area contributed by atoms with Gasteiger partial charge in [-0.2, -0.15) is 26.3 Å². The Hall–Kier alpha value is -0.500. The second-order valence-electron chi connectivity index (χ2n) is 3.43. The Balaban J connectivity index is 5.54. The Morgan fingerprint density at radius 3 is 1.07 bits per heavy atom. The molecule has 0 aromatic rings. The van der Waals surface area contributed by atoms with E-state index in [1.807, 2.05) is 0 Å². The van der Waals surface area contributed by atoms with E-state index in [1.165, 1.54) is 0 Å². The lowest BCUT2D eigenvalue weighted by Crippen LogP contribution is -2.72. The third-order valence-electron chi connectivity index (χ3n) is 1.75. The molecule has 0 heterocycles. The van der Waals surface area contributed by atoms with Gasteiger partial charge in [0.25, 0.3) is 5.60 Å². The van der Waals surface area contributed by atoms with Crippen LogP contribution in [0.4, 0.5) is 26.3 Å². The number of hydrogen-bond donors (Lipinski definition) is 2. The Morgan fingerprint density at radius 2 is 1.07 bits per heavy atom. The van der Waals surface area contributed by atoms with Crippen molar-refractivity contribution < 1.29 is 31.4 Å². The van der Waals surface area contributed by atoms with Crippen LogP contribution < -0.4 is 5.73 Å². The molecule has 0 saturated carbocycles. The Labute approximate surface area is 75.7 Å². The Kier molecular flexibility index (Phi) is 2.89. The number of hydrogen-bond acceptors (Lipinski definition) is 2. The van der Waals surface area contributed by atoms with Gasteiger partial charge >= 0.3 is 12.4 Å². The van der Waals surface area contributed by atoms with Crippen molar-refractivity contribution >= 4 is 0 Å². The minimum Gasteiger partial charge on any atom is -0.372 e. The lowest BCUT2D eigenvalue weighted by atomic mass is 9.82. The van der Waals surface area contributed by atoms with Crippen molar-refractivity contribution in [3.05, 3.63) is 0 Å². The van der Waals surface area contributed by atoms with Crippen LogP contribution in [0.5, 0.6) is 0 Å². The molecule has 0 aromatic heterocycles. The molecule has 3 N–H and O–H groups in total. The molecule has 0 fully saturated rings. The van der Waals surface area contributed by atoms with E-state index in [-0.39, 0.29) is 0 Å². The van der Waals surface area contributed by atoms with Crippen LogP contribution in [-0.4, -0.2) is 28.6 Å². The van der Waals surface area contributed by atoms with Gasteiger partial charge in [0.15, 0.2) is 0 Å². The van der Waals surface area contributed by atoms with Gasteiger partial charge in [-0.3, -0.25) is 0 Å². The Bertz CT molecular complexity index is 176. The van der Waals surface area contributed by atoms with Crippen molar-refractivity contribution in [2.45, 2.75) is 37.3 Å². The zero-order chi connectivity index (χ0) is 12.0. The minimum atomic E-state index is -5.87. The second kappa shape index (κ2) is 2.99. The lowest BCUT2D eigenvalue weighted by molar-refractivity contribution is -0.384. The maximum atomic E-state index is 12.0. The maximum Gasteiger partial charge on any atom is 0.428 e. The molecule has 0 aromatic carbocycles. The van der Waals surface area contributed by atoms with Gasteiger partial charge in [-0.1, -0.05) is 0 Å². The molecule has 0 aliphatic heterocycles. The summed E-state index contributed by atoms with van der Waals surface area (Å²) in [5, 5.41) is 8.65. The molecule has 0 rings (SSSR count). The van der Waals surface area contributed by atoms with Gasteiger partial charge in [0.05, 0.1) is 5.54 Å². The summed E-state index contributed by atoms with van der Waals surface area (Å²) in [6.07, 6.45) is -11.7. The molecular formula is C6H9F6NO. The molecular weight excluding hydrogens is 216 g/mol. The smallest absolute Gasteiger partial charge is 0.372 e. The number of nitrogens with two attached hydrogens (primary N) is 1. The van der Waals surface area contributed by atoms with E-state index >= 15 is 0 Å². The van der Waals surface area contributed by atoms with Gasteiger partial charge in [-0.15, -0.1) is 0 Å². The summed E-state index contributed by atoms with van der Waals surface area (Å²) in [5.41, 5.74) is -3.08. The SMILES string of the molecule is CC(C)(N)C(O)(C(F)(F)F)C(F)(F)F. The van der Waals surface area contributed by atoms with Crippen LogP contribution in [0, 0.1) is 0 Å². The van der Waals surface area contributed by atoms with Crippen LogP contribution in [0.15, 0.2) is 0 Å². The van der Waals surface area contributed by atoms with Gasteiger partial charge < -0.3 is 10.8 Å². The molecule has 2 nitrogen and oxygen atoms in total. The maximum absolute atomic E-state index is 12.0. The van der Waals surface area contributed by atoms with E-state index in [2.05, 4.69) is 0 Å². The van der Waals surface area contributed by atoms with E-state index in [4.69, 9.17) is 10.8 Å². The number of halogens is 6. The predicted octanol–water partition coefficient (Wildman–Crippen LogP) is 1.58. The Morgan fingerprint density at radius 1 is 0.857 bits per heavy atom. The number of aliphatic hydroxyl groups is 1. The highest BCUT2D eigenvalue weighted by atomic mass is 19.4. The standard InChI is InChI=1S/C6H9F6NO/c1-3(2,13)4(14,5(7,8)9)6(10,11)12/h14H,13H2,1-2H3. The normalized spacial score (nSPS) is 15.9. The summed E-state index contributed by atoms with van der Waals surface area (Å²) in [6.45, 7) is 0.905. The fraction of sp³-hybridized carbons (Fsp3) is 1.00. The topological polar surface area (TPSA) is 46.2 Å². The van der Waals surface area contributed by atoms with Gasteiger partial charge in [0.2, 0.25) is 0 Å². The fourth-order valence-electron chi connectivity index (χ4n) is 0.891. The third-order valence-corrected chi connectivity index (χ3v) is 1.75. The van der Waals surface area contributed by atoms with Crippen LogP contribution in [0.25, 0.3) is 0 Å². The van der Waals surface area contributed by atoms with Crippen LogP contribution in [0.1, 0.15) is 13.8 Å². The van der Waals surface area contributed by atoms with Crippen molar-refractivity contribution in [3.63, 3.8) is 0 Å². The van der Waals surface area contributed by atoms with Crippen molar-refractivity contribution in [1.29, 1.82) is 0 Å². The highest BCUT2D eigenvalue weighted by Gasteiger charge is 2.76. The van der Waals surface area contributed by atoms with E-state index in [0.29, 0.717) is 13.8 Å². The van der Waals surface area contributed by atoms with Crippen molar-refractivity contribution in [3.8, 4) is 0 Å². The quantitative estimate of drug-likeness (QED) is 0.665. The number of rotatable bonds is 1. The van der Waals surface area contributed by atoms with Crippen LogP contribution in [-0.2, 0) is 0 Å². The summed E-state index contributed by atoms with van der Waals surface area (Å²) in [7, 11) is 0. The van der Waals surface area contributed by atoms with Gasteiger partial charge in [-0.05, 0) is 13.8 Å². The number of alkyl halides is 6. The molecule has 0 atom stereocenters.